The third kappa shape index (κ3) is 3.11. The van der Waals surface area contributed by atoms with Crippen LogP contribution in [0.4, 0.5) is 11.8 Å². The molecule has 1 aromatic heterocycles. The number of aromatic nitrogens is 2. The molecular formula is C17H18N4O2. The van der Waals surface area contributed by atoms with E-state index in [0.717, 1.165) is 33.5 Å². The Labute approximate surface area is 134 Å². The lowest BCUT2D eigenvalue weighted by atomic mass is 10.0. The second-order valence-electron chi connectivity index (χ2n) is 5.22. The van der Waals surface area contributed by atoms with E-state index >= 15 is 0 Å². The standard InChI is InChI=1S/C17H18N4O2/c1-22-12-6-11(7-13(9-12)23-2)5-10-3-4-15-14(8-10)16(18)21-17(19)20-15/h3-4,6-9H,5H2,1-2H3,(H4,18,19,20,21). The molecule has 3 aromatic rings. The zero-order chi connectivity index (χ0) is 16.4. The van der Waals surface area contributed by atoms with E-state index in [2.05, 4.69) is 9.97 Å². The Morgan fingerprint density at radius 2 is 1.57 bits per heavy atom. The molecule has 0 saturated heterocycles. The van der Waals surface area contributed by atoms with Crippen molar-refractivity contribution in [1.29, 1.82) is 0 Å². The number of rotatable bonds is 4. The van der Waals surface area contributed by atoms with Gasteiger partial charge in [0.05, 0.1) is 19.7 Å². The van der Waals surface area contributed by atoms with Crippen molar-refractivity contribution in [3.63, 3.8) is 0 Å². The maximum atomic E-state index is 5.94. The van der Waals surface area contributed by atoms with Crippen LogP contribution in [0.3, 0.4) is 0 Å². The number of fused-ring (bicyclic) bond motifs is 1. The highest BCUT2D eigenvalue weighted by Gasteiger charge is 2.07. The normalized spacial score (nSPS) is 10.7. The third-order valence-electron chi connectivity index (χ3n) is 3.63. The fourth-order valence-electron chi connectivity index (χ4n) is 2.53. The molecular weight excluding hydrogens is 292 g/mol. The van der Waals surface area contributed by atoms with Crippen molar-refractivity contribution in [1.82, 2.24) is 9.97 Å². The Morgan fingerprint density at radius 3 is 2.22 bits per heavy atom. The molecule has 0 radical (unpaired) electrons. The Kier molecular flexibility index (Phi) is 3.89. The second kappa shape index (κ2) is 6.00. The number of methoxy groups -OCH3 is 2. The minimum atomic E-state index is 0.181. The van der Waals surface area contributed by atoms with Gasteiger partial charge in [-0.3, -0.25) is 0 Å². The molecule has 1 heterocycles. The van der Waals surface area contributed by atoms with E-state index in [1.165, 1.54) is 0 Å². The molecule has 23 heavy (non-hydrogen) atoms. The maximum Gasteiger partial charge on any atom is 0.222 e. The lowest BCUT2D eigenvalue weighted by molar-refractivity contribution is 0.393. The van der Waals surface area contributed by atoms with Gasteiger partial charge in [0.15, 0.2) is 0 Å². The number of nitrogen functional groups attached to an aromatic ring is 2. The topological polar surface area (TPSA) is 96.3 Å². The van der Waals surface area contributed by atoms with Gasteiger partial charge in [0.2, 0.25) is 5.95 Å². The molecule has 0 spiro atoms. The van der Waals surface area contributed by atoms with Gasteiger partial charge in [-0.2, -0.15) is 4.98 Å². The summed E-state index contributed by atoms with van der Waals surface area (Å²) in [7, 11) is 3.27. The Bertz CT molecular complexity index is 842. The van der Waals surface area contributed by atoms with Crippen LogP contribution in [0.5, 0.6) is 11.5 Å². The Hall–Kier alpha value is -3.02. The highest BCUT2D eigenvalue weighted by atomic mass is 16.5. The van der Waals surface area contributed by atoms with Gasteiger partial charge < -0.3 is 20.9 Å². The summed E-state index contributed by atoms with van der Waals surface area (Å²) in [5.41, 5.74) is 14.5. The molecule has 118 valence electrons. The zero-order valence-electron chi connectivity index (χ0n) is 13.0. The van der Waals surface area contributed by atoms with Gasteiger partial charge in [0.1, 0.15) is 17.3 Å². The molecule has 0 atom stereocenters. The predicted octanol–water partition coefficient (Wildman–Crippen LogP) is 2.40. The first-order chi connectivity index (χ1) is 11.1. The largest absolute Gasteiger partial charge is 0.497 e. The van der Waals surface area contributed by atoms with Gasteiger partial charge in [-0.15, -0.1) is 0 Å². The molecule has 0 aliphatic heterocycles. The van der Waals surface area contributed by atoms with Crippen LogP contribution in [-0.4, -0.2) is 24.2 Å². The molecule has 0 fully saturated rings. The molecule has 0 bridgehead atoms. The Morgan fingerprint density at radius 1 is 0.870 bits per heavy atom. The van der Waals surface area contributed by atoms with Crippen LogP contribution < -0.4 is 20.9 Å². The van der Waals surface area contributed by atoms with Gasteiger partial charge >= 0.3 is 0 Å². The molecule has 0 unspecified atom stereocenters. The molecule has 0 amide bonds. The van der Waals surface area contributed by atoms with Crippen molar-refractivity contribution >= 4 is 22.7 Å². The SMILES string of the molecule is COc1cc(Cc2ccc3nc(N)nc(N)c3c2)cc(OC)c1. The quantitative estimate of drug-likeness (QED) is 0.768. The van der Waals surface area contributed by atoms with Crippen molar-refractivity contribution in [2.45, 2.75) is 6.42 Å². The summed E-state index contributed by atoms with van der Waals surface area (Å²) >= 11 is 0. The van der Waals surface area contributed by atoms with Crippen LogP contribution in [0.2, 0.25) is 0 Å². The van der Waals surface area contributed by atoms with E-state index in [1.807, 2.05) is 36.4 Å². The number of hydrogen-bond acceptors (Lipinski definition) is 6. The second-order valence-corrected chi connectivity index (χ2v) is 5.22. The van der Waals surface area contributed by atoms with Crippen molar-refractivity contribution in [2.75, 3.05) is 25.7 Å². The Balaban J connectivity index is 1.98. The smallest absolute Gasteiger partial charge is 0.222 e. The van der Waals surface area contributed by atoms with Crippen molar-refractivity contribution < 1.29 is 9.47 Å². The lowest BCUT2D eigenvalue weighted by Gasteiger charge is -2.09. The summed E-state index contributed by atoms with van der Waals surface area (Å²) in [6, 6.07) is 11.7. The minimum Gasteiger partial charge on any atom is -0.497 e. The zero-order valence-corrected chi connectivity index (χ0v) is 13.0. The van der Waals surface area contributed by atoms with Crippen molar-refractivity contribution in [3.8, 4) is 11.5 Å². The summed E-state index contributed by atoms with van der Waals surface area (Å²) in [6.45, 7) is 0. The van der Waals surface area contributed by atoms with Gasteiger partial charge in [-0.05, 0) is 41.8 Å². The maximum absolute atomic E-state index is 5.94. The predicted molar refractivity (Wildman–Crippen MR) is 90.7 cm³/mol. The molecule has 0 saturated carbocycles. The van der Waals surface area contributed by atoms with E-state index in [4.69, 9.17) is 20.9 Å². The molecule has 6 nitrogen and oxygen atoms in total. The van der Waals surface area contributed by atoms with Gasteiger partial charge in [0, 0.05) is 11.5 Å². The van der Waals surface area contributed by atoms with Crippen LogP contribution in [0.15, 0.2) is 36.4 Å². The third-order valence-corrected chi connectivity index (χ3v) is 3.63. The van der Waals surface area contributed by atoms with Crippen molar-refractivity contribution in [2.24, 2.45) is 0 Å². The van der Waals surface area contributed by atoms with E-state index in [0.29, 0.717) is 12.2 Å². The summed E-state index contributed by atoms with van der Waals surface area (Å²) in [4.78, 5) is 8.20. The average molecular weight is 310 g/mol. The fourth-order valence-corrected chi connectivity index (χ4v) is 2.53. The van der Waals surface area contributed by atoms with Gasteiger partial charge in [-0.25, -0.2) is 4.98 Å². The fraction of sp³-hybridized carbons (Fsp3) is 0.176. The summed E-state index contributed by atoms with van der Waals surface area (Å²) in [5, 5.41) is 0.798. The first-order valence-electron chi connectivity index (χ1n) is 7.12. The van der Waals surface area contributed by atoms with Crippen LogP contribution in [0, 0.1) is 0 Å². The number of hydrogen-bond donors (Lipinski definition) is 2. The molecule has 4 N–H and O–H groups in total. The number of benzene rings is 2. The minimum absolute atomic E-state index is 0.181. The number of ether oxygens (including phenoxy) is 2. The van der Waals surface area contributed by atoms with Crippen molar-refractivity contribution in [3.05, 3.63) is 47.5 Å². The van der Waals surface area contributed by atoms with E-state index in [9.17, 15) is 0 Å². The molecule has 0 aliphatic rings. The van der Waals surface area contributed by atoms with Crippen LogP contribution >= 0.6 is 0 Å². The van der Waals surface area contributed by atoms with Gasteiger partial charge in [0.25, 0.3) is 0 Å². The van der Waals surface area contributed by atoms with Crippen LogP contribution in [0.25, 0.3) is 10.9 Å². The van der Waals surface area contributed by atoms with Crippen LogP contribution in [0.1, 0.15) is 11.1 Å². The lowest BCUT2D eigenvalue weighted by Crippen LogP contribution is -2.01. The monoisotopic (exact) mass is 310 g/mol. The first-order valence-corrected chi connectivity index (χ1v) is 7.12. The van der Waals surface area contributed by atoms with Gasteiger partial charge in [-0.1, -0.05) is 6.07 Å². The highest BCUT2D eigenvalue weighted by molar-refractivity contribution is 5.89. The van der Waals surface area contributed by atoms with E-state index in [-0.39, 0.29) is 5.95 Å². The molecule has 3 rings (SSSR count). The number of nitrogens with zero attached hydrogens (tertiary/aromatic N) is 2. The summed E-state index contributed by atoms with van der Waals surface area (Å²) < 4.78 is 10.6. The first kappa shape index (κ1) is 14.9. The summed E-state index contributed by atoms with van der Waals surface area (Å²) in [5.74, 6) is 2.09. The number of nitrogens with two attached hydrogens (primary N) is 2. The average Bonchev–Trinajstić information content (AvgIpc) is 2.55. The van der Waals surface area contributed by atoms with Crippen LogP contribution in [-0.2, 0) is 6.42 Å². The van der Waals surface area contributed by atoms with E-state index in [1.54, 1.807) is 14.2 Å². The molecule has 2 aromatic carbocycles. The number of anilines is 2. The van der Waals surface area contributed by atoms with E-state index < -0.39 is 0 Å². The summed E-state index contributed by atoms with van der Waals surface area (Å²) in [6.07, 6.45) is 0.716. The molecule has 6 heteroatoms. The molecule has 0 aliphatic carbocycles. The highest BCUT2D eigenvalue weighted by Crippen LogP contribution is 2.26.